The van der Waals surface area contributed by atoms with E-state index in [1.165, 1.54) is 141 Å². The smallest absolute Gasteiger partial charge is 0.220 e. The highest BCUT2D eigenvalue weighted by Gasteiger charge is 2.44. The molecule has 1 fully saturated rings. The number of ether oxygens (including phenoxy) is 2. The van der Waals surface area contributed by atoms with Crippen LogP contribution in [0.15, 0.2) is 24.3 Å². The average molecular weight is 782 g/mol. The van der Waals surface area contributed by atoms with Crippen molar-refractivity contribution in [3.05, 3.63) is 24.3 Å². The molecule has 0 spiro atoms. The van der Waals surface area contributed by atoms with Crippen LogP contribution in [0.4, 0.5) is 0 Å². The van der Waals surface area contributed by atoms with Crippen LogP contribution in [-0.4, -0.2) is 87.5 Å². The van der Waals surface area contributed by atoms with Crippen molar-refractivity contribution in [2.24, 2.45) is 0 Å². The summed E-state index contributed by atoms with van der Waals surface area (Å²) in [5.74, 6) is -0.182. The Hall–Kier alpha value is -1.33. The number of carbonyl (C=O) groups is 1. The van der Waals surface area contributed by atoms with E-state index in [2.05, 4.69) is 31.3 Å². The van der Waals surface area contributed by atoms with Crippen LogP contribution in [0.1, 0.15) is 206 Å². The van der Waals surface area contributed by atoms with Crippen LogP contribution in [0.25, 0.3) is 0 Å². The Morgan fingerprint density at radius 1 is 0.600 bits per heavy atom. The van der Waals surface area contributed by atoms with Crippen LogP contribution < -0.4 is 5.32 Å². The lowest BCUT2D eigenvalue weighted by Gasteiger charge is -2.40. The zero-order valence-corrected chi connectivity index (χ0v) is 35.4. The van der Waals surface area contributed by atoms with Gasteiger partial charge in [0, 0.05) is 6.42 Å². The van der Waals surface area contributed by atoms with Crippen molar-refractivity contribution in [1.82, 2.24) is 5.32 Å². The Morgan fingerprint density at radius 2 is 1.02 bits per heavy atom. The maximum Gasteiger partial charge on any atom is 0.220 e. The monoisotopic (exact) mass is 782 g/mol. The first-order valence-corrected chi connectivity index (χ1v) is 23.1. The molecule has 7 unspecified atom stereocenters. The quantitative estimate of drug-likeness (QED) is 0.0268. The third-order valence-electron chi connectivity index (χ3n) is 11.0. The average Bonchev–Trinajstić information content (AvgIpc) is 3.18. The number of allylic oxidation sites excluding steroid dienone is 3. The van der Waals surface area contributed by atoms with Gasteiger partial charge < -0.3 is 40.3 Å². The van der Waals surface area contributed by atoms with Gasteiger partial charge in [-0.15, -0.1) is 0 Å². The SMILES string of the molecule is CCCCCC/C=C\CCCCCCCCCC(=O)NC(COC1OC(CO)C(O)C(O)C1O)C(O)/C=C/CCCCCCCCCCCCCCCCC. The number of unbranched alkanes of at least 4 members (excludes halogenated alkanes) is 26. The van der Waals surface area contributed by atoms with E-state index in [1.807, 2.05) is 6.08 Å². The highest BCUT2D eigenvalue weighted by molar-refractivity contribution is 5.76. The molecule has 1 aliphatic rings. The molecule has 0 radical (unpaired) electrons. The summed E-state index contributed by atoms with van der Waals surface area (Å²) in [6.07, 6.45) is 36.4. The van der Waals surface area contributed by atoms with Gasteiger partial charge in [0.2, 0.25) is 5.91 Å². The first-order chi connectivity index (χ1) is 26.8. The van der Waals surface area contributed by atoms with Gasteiger partial charge in [-0.25, -0.2) is 0 Å². The fourth-order valence-corrected chi connectivity index (χ4v) is 7.27. The van der Waals surface area contributed by atoms with Gasteiger partial charge in [-0.2, -0.15) is 0 Å². The van der Waals surface area contributed by atoms with E-state index in [0.29, 0.717) is 6.42 Å². The van der Waals surface area contributed by atoms with Crippen molar-refractivity contribution in [3.8, 4) is 0 Å². The number of hydrogen-bond acceptors (Lipinski definition) is 8. The molecule has 0 aliphatic carbocycles. The first kappa shape index (κ1) is 51.7. The lowest BCUT2D eigenvalue weighted by molar-refractivity contribution is -0.302. The summed E-state index contributed by atoms with van der Waals surface area (Å²) in [4.78, 5) is 12.9. The summed E-state index contributed by atoms with van der Waals surface area (Å²) >= 11 is 0. The van der Waals surface area contributed by atoms with Crippen molar-refractivity contribution in [3.63, 3.8) is 0 Å². The van der Waals surface area contributed by atoms with Crippen LogP contribution in [0.2, 0.25) is 0 Å². The summed E-state index contributed by atoms with van der Waals surface area (Å²) in [7, 11) is 0. The molecule has 0 aromatic heterocycles. The van der Waals surface area contributed by atoms with Crippen LogP contribution in [0.5, 0.6) is 0 Å². The Labute approximate surface area is 337 Å². The number of aliphatic hydroxyl groups is 5. The zero-order chi connectivity index (χ0) is 40.2. The minimum Gasteiger partial charge on any atom is -0.394 e. The molecule has 0 aromatic rings. The Balaban J connectivity index is 2.36. The van der Waals surface area contributed by atoms with Crippen LogP contribution in [0.3, 0.4) is 0 Å². The molecule has 1 aliphatic heterocycles. The molecule has 55 heavy (non-hydrogen) atoms. The number of hydrogen-bond donors (Lipinski definition) is 6. The summed E-state index contributed by atoms with van der Waals surface area (Å²) in [6, 6.07) is -0.803. The van der Waals surface area contributed by atoms with E-state index in [1.54, 1.807) is 6.08 Å². The molecule has 9 heteroatoms. The second-order valence-electron chi connectivity index (χ2n) is 16.2. The third kappa shape index (κ3) is 27.9. The van der Waals surface area contributed by atoms with Gasteiger partial charge in [0.05, 0.1) is 25.4 Å². The van der Waals surface area contributed by atoms with Gasteiger partial charge in [-0.3, -0.25) is 4.79 Å². The molecule has 0 bridgehead atoms. The molecule has 1 amide bonds. The lowest BCUT2D eigenvalue weighted by atomic mass is 9.99. The maximum absolute atomic E-state index is 12.9. The topological polar surface area (TPSA) is 149 Å². The van der Waals surface area contributed by atoms with Gasteiger partial charge in [-0.1, -0.05) is 179 Å². The minimum atomic E-state index is -1.56. The second kappa shape index (κ2) is 37.0. The van der Waals surface area contributed by atoms with E-state index in [4.69, 9.17) is 9.47 Å². The van der Waals surface area contributed by atoms with E-state index in [9.17, 15) is 30.3 Å². The number of amides is 1. The highest BCUT2D eigenvalue weighted by atomic mass is 16.7. The normalized spacial score (nSPS) is 21.5. The molecule has 0 saturated carbocycles. The fourth-order valence-electron chi connectivity index (χ4n) is 7.27. The van der Waals surface area contributed by atoms with Crippen molar-refractivity contribution >= 4 is 5.91 Å². The molecule has 0 aromatic carbocycles. The summed E-state index contributed by atoms with van der Waals surface area (Å²) < 4.78 is 11.2. The summed E-state index contributed by atoms with van der Waals surface area (Å²) in [6.45, 7) is 3.76. The Bertz CT molecular complexity index is 914. The molecule has 7 atom stereocenters. The molecule has 6 N–H and O–H groups in total. The van der Waals surface area contributed by atoms with Crippen LogP contribution in [-0.2, 0) is 14.3 Å². The lowest BCUT2D eigenvalue weighted by Crippen LogP contribution is -2.60. The number of rotatable bonds is 38. The van der Waals surface area contributed by atoms with E-state index >= 15 is 0 Å². The van der Waals surface area contributed by atoms with E-state index < -0.39 is 49.5 Å². The number of nitrogens with one attached hydrogen (secondary N) is 1. The van der Waals surface area contributed by atoms with Gasteiger partial charge in [0.15, 0.2) is 6.29 Å². The Kier molecular flexibility index (Phi) is 34.7. The summed E-state index contributed by atoms with van der Waals surface area (Å²) in [5, 5.41) is 54.2. The number of carbonyl (C=O) groups excluding carboxylic acids is 1. The van der Waals surface area contributed by atoms with Gasteiger partial charge in [0.1, 0.15) is 24.4 Å². The molecule has 1 rings (SSSR count). The van der Waals surface area contributed by atoms with Crippen LogP contribution >= 0.6 is 0 Å². The molecular weight excluding hydrogens is 695 g/mol. The third-order valence-corrected chi connectivity index (χ3v) is 11.0. The largest absolute Gasteiger partial charge is 0.394 e. The minimum absolute atomic E-state index is 0.182. The van der Waals surface area contributed by atoms with E-state index in [0.717, 1.165) is 44.9 Å². The molecule has 1 heterocycles. The predicted molar refractivity (Wildman–Crippen MR) is 226 cm³/mol. The summed E-state index contributed by atoms with van der Waals surface area (Å²) in [5.41, 5.74) is 0. The van der Waals surface area contributed by atoms with Crippen molar-refractivity contribution in [1.29, 1.82) is 0 Å². The van der Waals surface area contributed by atoms with Gasteiger partial charge in [-0.05, 0) is 44.9 Å². The molecule has 324 valence electrons. The first-order valence-electron chi connectivity index (χ1n) is 23.1. The second-order valence-corrected chi connectivity index (χ2v) is 16.2. The van der Waals surface area contributed by atoms with Gasteiger partial charge >= 0.3 is 0 Å². The van der Waals surface area contributed by atoms with E-state index in [-0.39, 0.29) is 12.5 Å². The predicted octanol–water partition coefficient (Wildman–Crippen LogP) is 9.50. The standard InChI is InChI=1S/C46H87NO8/c1-3-5-7-9-11-13-15-17-19-20-22-23-25-27-29-31-33-35-40(49)39(38-54-46-45(53)44(52)43(51)41(37-48)55-46)47-42(50)36-34-32-30-28-26-24-21-18-16-14-12-10-8-6-4-2/h14,16,33,35,39-41,43-46,48-49,51-53H,3-13,15,17-32,34,36-38H2,1-2H3,(H,47,50)/b16-14-,35-33+. The van der Waals surface area contributed by atoms with Crippen LogP contribution in [0, 0.1) is 0 Å². The molecule has 1 saturated heterocycles. The van der Waals surface area contributed by atoms with Crippen molar-refractivity contribution in [2.75, 3.05) is 13.2 Å². The van der Waals surface area contributed by atoms with Crippen molar-refractivity contribution < 1.29 is 39.8 Å². The molecular formula is C46H87NO8. The molecule has 9 nitrogen and oxygen atoms in total. The number of aliphatic hydroxyl groups excluding tert-OH is 5. The highest BCUT2D eigenvalue weighted by Crippen LogP contribution is 2.22. The van der Waals surface area contributed by atoms with Gasteiger partial charge in [0.25, 0.3) is 0 Å². The Morgan fingerprint density at radius 3 is 1.49 bits per heavy atom. The maximum atomic E-state index is 12.9. The van der Waals surface area contributed by atoms with Crippen molar-refractivity contribution in [2.45, 2.75) is 249 Å². The zero-order valence-electron chi connectivity index (χ0n) is 35.4. The fraction of sp³-hybridized carbons (Fsp3) is 0.891.